The fraction of sp³-hybridized carbons (Fsp3) is 0.263. The zero-order valence-corrected chi connectivity index (χ0v) is 13.0. The van der Waals surface area contributed by atoms with Crippen molar-refractivity contribution >= 4 is 12.0 Å². The van der Waals surface area contributed by atoms with Crippen molar-refractivity contribution in [3.8, 4) is 0 Å². The van der Waals surface area contributed by atoms with Gasteiger partial charge in [-0.15, -0.1) is 0 Å². The molecule has 1 heterocycles. The maximum Gasteiger partial charge on any atom is 0.417 e. The molecule has 0 bridgehead atoms. The van der Waals surface area contributed by atoms with E-state index in [2.05, 4.69) is 0 Å². The first-order valence-electron chi connectivity index (χ1n) is 7.75. The predicted molar refractivity (Wildman–Crippen MR) is 86.9 cm³/mol. The molecule has 2 amide bonds. The molecule has 1 aliphatic heterocycles. The Morgan fingerprint density at radius 3 is 2.39 bits per heavy atom. The summed E-state index contributed by atoms with van der Waals surface area (Å²) in [4.78, 5) is 25.9. The minimum absolute atomic E-state index is 0.0496. The number of hydrogen-bond acceptors (Lipinski definition) is 3. The van der Waals surface area contributed by atoms with E-state index < -0.39 is 6.09 Å². The first-order valence-corrected chi connectivity index (χ1v) is 7.75. The number of rotatable bonds is 4. The number of nitrogens with zero attached hydrogens (tertiary/aromatic N) is 1. The molecule has 2 aromatic carbocycles. The van der Waals surface area contributed by atoms with Crippen molar-refractivity contribution < 1.29 is 14.3 Å². The first kappa shape index (κ1) is 15.3. The number of cyclic esters (lactones) is 1. The lowest BCUT2D eigenvalue weighted by atomic mass is 9.96. The number of benzene rings is 2. The van der Waals surface area contributed by atoms with Crippen LogP contribution in [0.4, 0.5) is 4.79 Å². The van der Waals surface area contributed by atoms with E-state index in [0.717, 1.165) is 11.1 Å². The number of carbonyl (C=O) groups excluding carboxylic acids is 2. The van der Waals surface area contributed by atoms with Crippen molar-refractivity contribution in [2.24, 2.45) is 0 Å². The molecule has 0 N–H and O–H groups in total. The van der Waals surface area contributed by atoms with Crippen molar-refractivity contribution in [2.45, 2.75) is 25.3 Å². The van der Waals surface area contributed by atoms with Gasteiger partial charge in [0.05, 0.1) is 0 Å². The zero-order chi connectivity index (χ0) is 16.2. The summed E-state index contributed by atoms with van der Waals surface area (Å²) in [7, 11) is 0. The Hall–Kier alpha value is -2.62. The largest absolute Gasteiger partial charge is 0.446 e. The number of imide groups is 1. The Morgan fingerprint density at radius 2 is 1.74 bits per heavy atom. The van der Waals surface area contributed by atoms with Gasteiger partial charge in [-0.3, -0.25) is 4.79 Å². The molecule has 0 radical (unpaired) electrons. The topological polar surface area (TPSA) is 46.6 Å². The monoisotopic (exact) mass is 309 g/mol. The Bertz CT molecular complexity index is 684. The van der Waals surface area contributed by atoms with E-state index in [9.17, 15) is 9.59 Å². The second-order valence-corrected chi connectivity index (χ2v) is 5.78. The quantitative estimate of drug-likeness (QED) is 0.860. The molecule has 4 heteroatoms. The molecule has 3 rings (SSSR count). The lowest BCUT2D eigenvalue weighted by molar-refractivity contribution is -0.129. The zero-order valence-electron chi connectivity index (χ0n) is 13.0. The highest BCUT2D eigenvalue weighted by Crippen LogP contribution is 2.30. The molecular formula is C19H19NO3. The fourth-order valence-electron chi connectivity index (χ4n) is 2.88. The molecule has 0 spiro atoms. The molecule has 0 aliphatic carbocycles. The summed E-state index contributed by atoms with van der Waals surface area (Å²) in [5.41, 5.74) is 2.00. The van der Waals surface area contributed by atoms with Gasteiger partial charge in [0.2, 0.25) is 5.91 Å². The van der Waals surface area contributed by atoms with Crippen LogP contribution in [-0.2, 0) is 9.53 Å². The van der Waals surface area contributed by atoms with Crippen LogP contribution in [0.15, 0.2) is 60.7 Å². The molecular weight excluding hydrogens is 290 g/mol. The number of hydrogen-bond donors (Lipinski definition) is 0. The minimum atomic E-state index is -0.552. The van der Waals surface area contributed by atoms with Crippen LogP contribution in [0.25, 0.3) is 0 Å². The number of ether oxygens (including phenoxy) is 1. The van der Waals surface area contributed by atoms with E-state index in [-0.39, 0.29) is 30.9 Å². The fourth-order valence-corrected chi connectivity index (χ4v) is 2.88. The van der Waals surface area contributed by atoms with Crippen LogP contribution in [0, 0.1) is 0 Å². The maximum atomic E-state index is 12.6. The van der Waals surface area contributed by atoms with Gasteiger partial charge in [0.25, 0.3) is 0 Å². The molecule has 0 saturated carbocycles. The summed E-state index contributed by atoms with van der Waals surface area (Å²) in [6, 6.07) is 19.0. The van der Waals surface area contributed by atoms with Crippen molar-refractivity contribution in [1.82, 2.24) is 4.90 Å². The van der Waals surface area contributed by atoms with Crippen LogP contribution >= 0.6 is 0 Å². The van der Waals surface area contributed by atoms with Crippen LogP contribution in [0.5, 0.6) is 0 Å². The van der Waals surface area contributed by atoms with Gasteiger partial charge in [0.15, 0.2) is 0 Å². The highest BCUT2D eigenvalue weighted by Gasteiger charge is 2.38. The molecule has 2 unspecified atom stereocenters. The third kappa shape index (κ3) is 3.26. The summed E-state index contributed by atoms with van der Waals surface area (Å²) in [6.07, 6.45) is -0.272. The smallest absolute Gasteiger partial charge is 0.417 e. The minimum Gasteiger partial charge on any atom is -0.446 e. The molecule has 2 atom stereocenters. The van der Waals surface area contributed by atoms with Gasteiger partial charge in [-0.25, -0.2) is 9.69 Å². The summed E-state index contributed by atoms with van der Waals surface area (Å²) >= 11 is 0. The van der Waals surface area contributed by atoms with Crippen LogP contribution in [-0.4, -0.2) is 23.5 Å². The van der Waals surface area contributed by atoms with Gasteiger partial charge in [-0.2, -0.15) is 0 Å². The second-order valence-electron chi connectivity index (χ2n) is 5.78. The predicted octanol–water partition coefficient (Wildman–Crippen LogP) is 3.90. The Morgan fingerprint density at radius 1 is 1.13 bits per heavy atom. The molecule has 118 valence electrons. The SMILES string of the molecule is CC(CC(=O)N1C(=O)OCC1c1ccccc1)c1ccccc1. The van der Waals surface area contributed by atoms with E-state index in [1.54, 1.807) is 0 Å². The van der Waals surface area contributed by atoms with Crippen LogP contribution in [0.3, 0.4) is 0 Å². The van der Waals surface area contributed by atoms with E-state index >= 15 is 0 Å². The number of amides is 2. The molecule has 1 aliphatic rings. The van der Waals surface area contributed by atoms with Crippen molar-refractivity contribution in [3.63, 3.8) is 0 Å². The Balaban J connectivity index is 1.76. The standard InChI is InChI=1S/C19H19NO3/c1-14(15-8-4-2-5-9-15)12-18(21)20-17(13-23-19(20)22)16-10-6-3-7-11-16/h2-11,14,17H,12-13H2,1H3. The average Bonchev–Trinajstić information content (AvgIpc) is 2.98. The Labute approximate surface area is 135 Å². The summed E-state index contributed by atoms with van der Waals surface area (Å²) < 4.78 is 5.11. The number of carbonyl (C=O) groups is 2. The average molecular weight is 309 g/mol. The van der Waals surface area contributed by atoms with E-state index in [1.165, 1.54) is 4.90 Å². The van der Waals surface area contributed by atoms with E-state index in [1.807, 2.05) is 67.6 Å². The molecule has 1 fully saturated rings. The van der Waals surface area contributed by atoms with E-state index in [4.69, 9.17) is 4.74 Å². The molecule has 23 heavy (non-hydrogen) atoms. The highest BCUT2D eigenvalue weighted by molar-refractivity contribution is 5.94. The molecule has 4 nitrogen and oxygen atoms in total. The van der Waals surface area contributed by atoms with Gasteiger partial charge in [-0.1, -0.05) is 67.6 Å². The van der Waals surface area contributed by atoms with Crippen LogP contribution < -0.4 is 0 Å². The second kappa shape index (κ2) is 6.65. The van der Waals surface area contributed by atoms with Gasteiger partial charge < -0.3 is 4.74 Å². The summed E-state index contributed by atoms with van der Waals surface area (Å²) in [6.45, 7) is 2.21. The first-order chi connectivity index (χ1) is 11.2. The lowest BCUT2D eigenvalue weighted by Crippen LogP contribution is -2.34. The summed E-state index contributed by atoms with van der Waals surface area (Å²) in [5.74, 6) is -0.147. The van der Waals surface area contributed by atoms with Gasteiger partial charge >= 0.3 is 6.09 Å². The molecule has 0 aromatic heterocycles. The third-order valence-electron chi connectivity index (χ3n) is 4.18. The van der Waals surface area contributed by atoms with Crippen molar-refractivity contribution in [2.75, 3.05) is 6.61 Å². The molecule has 1 saturated heterocycles. The Kier molecular flexibility index (Phi) is 4.42. The van der Waals surface area contributed by atoms with Crippen molar-refractivity contribution in [3.05, 3.63) is 71.8 Å². The van der Waals surface area contributed by atoms with Gasteiger partial charge in [-0.05, 0) is 17.0 Å². The highest BCUT2D eigenvalue weighted by atomic mass is 16.6. The third-order valence-corrected chi connectivity index (χ3v) is 4.18. The van der Waals surface area contributed by atoms with Gasteiger partial charge in [0.1, 0.15) is 12.6 Å². The van der Waals surface area contributed by atoms with Crippen molar-refractivity contribution in [1.29, 1.82) is 0 Å². The molecule has 2 aromatic rings. The summed E-state index contributed by atoms with van der Waals surface area (Å²) in [5, 5.41) is 0. The normalized spacial score (nSPS) is 18.6. The maximum absolute atomic E-state index is 12.6. The van der Waals surface area contributed by atoms with E-state index in [0.29, 0.717) is 0 Å². The van der Waals surface area contributed by atoms with Crippen LogP contribution in [0.1, 0.15) is 36.4 Å². The van der Waals surface area contributed by atoms with Gasteiger partial charge in [0, 0.05) is 6.42 Å². The lowest BCUT2D eigenvalue weighted by Gasteiger charge is -2.21. The van der Waals surface area contributed by atoms with Crippen LogP contribution in [0.2, 0.25) is 0 Å².